The van der Waals surface area contributed by atoms with Crippen LogP contribution < -0.4 is 29.6 Å². The Balaban J connectivity index is -0.00000128. The molecule has 0 unspecified atom stereocenters. The number of alkyl halides is 1. The molecule has 0 saturated carbocycles. The van der Waals surface area contributed by atoms with Crippen LogP contribution in [0.5, 0.6) is 0 Å². The van der Waals surface area contributed by atoms with Crippen molar-refractivity contribution in [2.75, 3.05) is 12.5 Å². The molecule has 104 valence electrons. The number of rotatable bonds is 12. The summed E-state index contributed by atoms with van der Waals surface area (Å²) in [7, 11) is 0. The van der Waals surface area contributed by atoms with Gasteiger partial charge in [0, 0.05) is 0 Å². The summed E-state index contributed by atoms with van der Waals surface area (Å²) < 4.78 is 4.89. The van der Waals surface area contributed by atoms with Gasteiger partial charge in [-0.25, -0.2) is 0 Å². The van der Waals surface area contributed by atoms with Crippen LogP contribution in [-0.2, 0) is 9.53 Å². The van der Waals surface area contributed by atoms with Gasteiger partial charge in [-0.1, -0.05) is 64.7 Å². The van der Waals surface area contributed by atoms with Crippen molar-refractivity contribution < 1.29 is 40.5 Å². The Kier molecular flexibility index (Phi) is 20.8. The average Bonchev–Trinajstić information content (AvgIpc) is 2.35. The van der Waals surface area contributed by atoms with Crippen LogP contribution in [0.15, 0.2) is 0 Å². The van der Waals surface area contributed by atoms with Gasteiger partial charge in [-0.15, -0.1) is 11.6 Å². The number of esters is 1. The van der Waals surface area contributed by atoms with Crippen LogP contribution in [0.2, 0.25) is 0 Å². The fourth-order valence-corrected chi connectivity index (χ4v) is 1.89. The van der Waals surface area contributed by atoms with E-state index in [2.05, 4.69) is 6.92 Å². The van der Waals surface area contributed by atoms with Gasteiger partial charge in [-0.05, 0) is 6.42 Å². The molecule has 0 heterocycles. The van der Waals surface area contributed by atoms with E-state index in [1.807, 2.05) is 0 Å². The molecule has 18 heavy (non-hydrogen) atoms. The topological polar surface area (TPSA) is 26.3 Å². The molecule has 0 spiro atoms. The Hall–Kier alpha value is 0.760. The van der Waals surface area contributed by atoms with Crippen molar-refractivity contribution in [3.63, 3.8) is 0 Å². The molecule has 0 radical (unpaired) electrons. The van der Waals surface area contributed by atoms with Crippen LogP contribution in [0, 0.1) is 0 Å². The van der Waals surface area contributed by atoms with Crippen molar-refractivity contribution in [2.45, 2.75) is 71.1 Å². The van der Waals surface area contributed by atoms with Gasteiger partial charge in [-0.2, -0.15) is 0 Å². The molecule has 0 aliphatic carbocycles. The van der Waals surface area contributed by atoms with Crippen molar-refractivity contribution in [1.82, 2.24) is 0 Å². The van der Waals surface area contributed by atoms with Gasteiger partial charge in [0.25, 0.3) is 0 Å². The van der Waals surface area contributed by atoms with Gasteiger partial charge in [0.1, 0.15) is 5.88 Å². The van der Waals surface area contributed by atoms with Gasteiger partial charge < -0.3 is 6.16 Å². The molecule has 0 aromatic heterocycles. The maximum Gasteiger partial charge on any atom is 1.00 e. The number of halogens is 1. The molecule has 0 fully saturated rings. The zero-order valence-corrected chi connectivity index (χ0v) is 14.9. The Labute approximate surface area is 141 Å². The monoisotopic (exact) mass is 286 g/mol. The quantitative estimate of drug-likeness (QED) is 0.237. The summed E-state index contributed by atoms with van der Waals surface area (Å²) in [5.74, 6) is -0.333. The number of hydrogen-bond donors (Lipinski definition) is 0. The Bertz CT molecular complexity index is 183. The molecule has 2 nitrogen and oxygen atoms in total. The van der Waals surface area contributed by atoms with E-state index in [1.165, 1.54) is 51.4 Å². The summed E-state index contributed by atoms with van der Waals surface area (Å²) in [5.41, 5.74) is 0. The van der Waals surface area contributed by atoms with E-state index in [4.69, 9.17) is 16.3 Å². The van der Waals surface area contributed by atoms with Crippen LogP contribution >= 0.6 is 11.6 Å². The minimum absolute atomic E-state index is 0. The first-order valence-corrected chi connectivity index (χ1v) is 7.56. The van der Waals surface area contributed by atoms with Crippen molar-refractivity contribution in [3.05, 3.63) is 0 Å². The number of carbonyl (C=O) groups excluding carboxylic acids is 1. The van der Waals surface area contributed by atoms with Gasteiger partial charge in [0.05, 0.1) is 6.61 Å². The molecule has 0 amide bonds. The van der Waals surface area contributed by atoms with E-state index in [-0.39, 0.29) is 42.8 Å². The maximum absolute atomic E-state index is 10.7. The summed E-state index contributed by atoms with van der Waals surface area (Å²) in [4.78, 5) is 10.7. The summed E-state index contributed by atoms with van der Waals surface area (Å²) >= 11 is 5.31. The molecule has 0 rings (SSSR count). The standard InChI is InChI=1S/C14H27ClO2.Na.H/c1-2-3-4-5-6-7-8-9-10-11-12-17-14(16)13-15;;/h2-13H2,1H3;;/q;+1;-1. The first kappa shape index (κ1) is 21.1. The third kappa shape index (κ3) is 16.8. The average molecular weight is 287 g/mol. The smallest absolute Gasteiger partial charge is 1.00 e. The third-order valence-corrected chi connectivity index (χ3v) is 3.09. The predicted octanol–water partition coefficient (Wildman–Crippen LogP) is 1.81. The molecular formula is C14H28ClNaO2. The predicted molar refractivity (Wildman–Crippen MR) is 74.6 cm³/mol. The summed E-state index contributed by atoms with van der Waals surface area (Å²) in [6.07, 6.45) is 12.9. The van der Waals surface area contributed by atoms with Crippen LogP contribution in [0.4, 0.5) is 0 Å². The van der Waals surface area contributed by atoms with E-state index >= 15 is 0 Å². The van der Waals surface area contributed by atoms with E-state index in [0.29, 0.717) is 6.61 Å². The van der Waals surface area contributed by atoms with Crippen LogP contribution in [-0.4, -0.2) is 18.5 Å². The second-order valence-corrected chi connectivity index (χ2v) is 4.80. The second-order valence-electron chi connectivity index (χ2n) is 4.54. The number of ether oxygens (including phenoxy) is 1. The number of unbranched alkanes of at least 4 members (excludes halogenated alkanes) is 9. The largest absolute Gasteiger partial charge is 1.00 e. The SMILES string of the molecule is CCCCCCCCCCCCOC(=O)CCl.[H-].[Na+]. The zero-order valence-electron chi connectivity index (χ0n) is 13.2. The molecule has 0 aliphatic heterocycles. The first-order valence-electron chi connectivity index (χ1n) is 7.02. The fourth-order valence-electron chi connectivity index (χ4n) is 1.81. The van der Waals surface area contributed by atoms with E-state index in [0.717, 1.165) is 12.8 Å². The number of hydrogen-bond acceptors (Lipinski definition) is 2. The van der Waals surface area contributed by atoms with Crippen molar-refractivity contribution in [3.8, 4) is 0 Å². The van der Waals surface area contributed by atoms with E-state index in [9.17, 15) is 4.79 Å². The van der Waals surface area contributed by atoms with E-state index in [1.54, 1.807) is 0 Å². The minimum atomic E-state index is -0.303. The summed E-state index contributed by atoms with van der Waals surface area (Å²) in [6.45, 7) is 2.78. The van der Waals surface area contributed by atoms with Crippen molar-refractivity contribution in [2.24, 2.45) is 0 Å². The Morgan fingerprint density at radius 2 is 1.39 bits per heavy atom. The molecule has 4 heteroatoms. The molecule has 0 atom stereocenters. The summed E-state index contributed by atoms with van der Waals surface area (Å²) in [5, 5.41) is 0. The van der Waals surface area contributed by atoms with Crippen LogP contribution in [0.1, 0.15) is 72.6 Å². The molecule has 0 bridgehead atoms. The van der Waals surface area contributed by atoms with Crippen LogP contribution in [0.25, 0.3) is 0 Å². The normalized spacial score (nSPS) is 9.89. The van der Waals surface area contributed by atoms with Gasteiger partial charge in [-0.3, -0.25) is 4.79 Å². The Morgan fingerprint density at radius 3 is 1.83 bits per heavy atom. The molecular weight excluding hydrogens is 259 g/mol. The Morgan fingerprint density at radius 1 is 0.944 bits per heavy atom. The third-order valence-electron chi connectivity index (χ3n) is 2.87. The molecule has 0 aromatic rings. The van der Waals surface area contributed by atoms with Crippen molar-refractivity contribution >= 4 is 17.6 Å². The van der Waals surface area contributed by atoms with E-state index < -0.39 is 0 Å². The molecule has 0 N–H and O–H groups in total. The van der Waals surface area contributed by atoms with Gasteiger partial charge in [0.2, 0.25) is 0 Å². The summed E-state index contributed by atoms with van der Waals surface area (Å²) in [6, 6.07) is 0. The minimum Gasteiger partial charge on any atom is -1.00 e. The van der Waals surface area contributed by atoms with Crippen molar-refractivity contribution in [1.29, 1.82) is 0 Å². The maximum atomic E-state index is 10.7. The molecule has 0 aliphatic rings. The molecule has 0 saturated heterocycles. The number of carbonyl (C=O) groups is 1. The van der Waals surface area contributed by atoms with Gasteiger partial charge >= 0.3 is 35.5 Å². The zero-order chi connectivity index (χ0) is 12.8. The van der Waals surface area contributed by atoms with Gasteiger partial charge in [0.15, 0.2) is 0 Å². The fraction of sp³-hybridized carbons (Fsp3) is 0.929. The first-order chi connectivity index (χ1) is 8.31. The van der Waals surface area contributed by atoms with Crippen LogP contribution in [0.3, 0.4) is 0 Å². The molecule has 0 aromatic carbocycles. The second kappa shape index (κ2) is 17.8.